The van der Waals surface area contributed by atoms with Gasteiger partial charge in [0.1, 0.15) is 0 Å². The van der Waals surface area contributed by atoms with Crippen LogP contribution in [0.3, 0.4) is 0 Å². The Hall–Kier alpha value is -2.63. The second kappa shape index (κ2) is 6.69. The number of aryl methyl sites for hydroxylation is 1. The van der Waals surface area contributed by atoms with E-state index in [1.165, 1.54) is 6.08 Å². The SMILES string of the molecule is Cc1cccc(/C=C/C(=O)NNC(=O)C(=O)NC2CC2)c1. The molecule has 0 unspecified atom stereocenters. The lowest BCUT2D eigenvalue weighted by Crippen LogP contribution is -2.48. The van der Waals surface area contributed by atoms with Crippen molar-refractivity contribution in [1.82, 2.24) is 16.2 Å². The molecule has 0 saturated heterocycles. The Labute approximate surface area is 122 Å². The van der Waals surface area contributed by atoms with Gasteiger partial charge in [0.25, 0.3) is 5.91 Å². The van der Waals surface area contributed by atoms with Crippen molar-refractivity contribution >= 4 is 23.8 Å². The van der Waals surface area contributed by atoms with Crippen LogP contribution in [0.1, 0.15) is 24.0 Å². The molecular formula is C15H17N3O3. The molecule has 1 aromatic rings. The van der Waals surface area contributed by atoms with Crippen LogP contribution < -0.4 is 16.2 Å². The van der Waals surface area contributed by atoms with Crippen LogP contribution >= 0.6 is 0 Å². The Bertz CT molecular complexity index is 592. The second-order valence-corrected chi connectivity index (χ2v) is 4.94. The van der Waals surface area contributed by atoms with Crippen molar-refractivity contribution in [3.05, 3.63) is 41.5 Å². The third kappa shape index (κ3) is 5.10. The standard InChI is InChI=1S/C15H17N3O3/c1-10-3-2-4-11(9-10)5-8-13(19)17-18-15(21)14(20)16-12-6-7-12/h2-5,8-9,12H,6-7H2,1H3,(H,16,20)(H,17,19)(H,18,21)/b8-5+. The van der Waals surface area contributed by atoms with Gasteiger partial charge in [-0.1, -0.05) is 29.8 Å². The van der Waals surface area contributed by atoms with E-state index in [9.17, 15) is 14.4 Å². The molecule has 6 heteroatoms. The van der Waals surface area contributed by atoms with Gasteiger partial charge in [-0.25, -0.2) is 0 Å². The number of carbonyl (C=O) groups excluding carboxylic acids is 3. The molecule has 3 amide bonds. The molecule has 110 valence electrons. The number of hydrazine groups is 1. The monoisotopic (exact) mass is 287 g/mol. The van der Waals surface area contributed by atoms with Gasteiger partial charge in [0.2, 0.25) is 0 Å². The molecular weight excluding hydrogens is 270 g/mol. The predicted octanol–water partition coefficient (Wildman–Crippen LogP) is 0.434. The molecule has 1 fully saturated rings. The highest BCUT2D eigenvalue weighted by Gasteiger charge is 2.26. The van der Waals surface area contributed by atoms with E-state index in [-0.39, 0.29) is 6.04 Å². The Kier molecular flexibility index (Phi) is 4.71. The Morgan fingerprint density at radius 3 is 2.57 bits per heavy atom. The van der Waals surface area contributed by atoms with Gasteiger partial charge in [0, 0.05) is 12.1 Å². The normalized spacial score (nSPS) is 13.8. The first-order valence-electron chi connectivity index (χ1n) is 6.70. The van der Waals surface area contributed by atoms with Crippen LogP contribution in [0.25, 0.3) is 6.08 Å². The molecule has 1 aliphatic rings. The highest BCUT2D eigenvalue weighted by atomic mass is 16.2. The van der Waals surface area contributed by atoms with Crippen molar-refractivity contribution in [3.8, 4) is 0 Å². The fourth-order valence-electron chi connectivity index (χ4n) is 1.64. The maximum absolute atomic E-state index is 11.5. The minimum absolute atomic E-state index is 0.0974. The van der Waals surface area contributed by atoms with Gasteiger partial charge in [-0.15, -0.1) is 0 Å². The van der Waals surface area contributed by atoms with Crippen molar-refractivity contribution in [1.29, 1.82) is 0 Å². The highest BCUT2D eigenvalue weighted by Crippen LogP contribution is 2.18. The Morgan fingerprint density at radius 1 is 1.14 bits per heavy atom. The van der Waals surface area contributed by atoms with Gasteiger partial charge in [-0.2, -0.15) is 0 Å². The average Bonchev–Trinajstić information content (AvgIpc) is 3.26. The van der Waals surface area contributed by atoms with Crippen molar-refractivity contribution in [3.63, 3.8) is 0 Å². The lowest BCUT2D eigenvalue weighted by Gasteiger charge is -2.05. The van der Waals surface area contributed by atoms with Crippen LogP contribution in [0.5, 0.6) is 0 Å². The molecule has 0 aliphatic heterocycles. The summed E-state index contributed by atoms with van der Waals surface area (Å²) in [4.78, 5) is 34.2. The van der Waals surface area contributed by atoms with E-state index in [0.717, 1.165) is 24.0 Å². The molecule has 2 rings (SSSR count). The fraction of sp³-hybridized carbons (Fsp3) is 0.267. The average molecular weight is 287 g/mol. The van der Waals surface area contributed by atoms with Crippen LogP contribution in [0.4, 0.5) is 0 Å². The first kappa shape index (κ1) is 14.8. The molecule has 0 heterocycles. The van der Waals surface area contributed by atoms with Gasteiger partial charge < -0.3 is 5.32 Å². The van der Waals surface area contributed by atoms with E-state index in [4.69, 9.17) is 0 Å². The summed E-state index contributed by atoms with van der Waals surface area (Å²) in [6.45, 7) is 1.95. The zero-order chi connectivity index (χ0) is 15.2. The van der Waals surface area contributed by atoms with E-state index >= 15 is 0 Å². The second-order valence-electron chi connectivity index (χ2n) is 4.94. The summed E-state index contributed by atoms with van der Waals surface area (Å²) in [6.07, 6.45) is 4.70. The van der Waals surface area contributed by atoms with E-state index in [1.807, 2.05) is 31.2 Å². The maximum atomic E-state index is 11.5. The van der Waals surface area contributed by atoms with E-state index in [0.29, 0.717) is 0 Å². The zero-order valence-electron chi connectivity index (χ0n) is 11.7. The topological polar surface area (TPSA) is 87.3 Å². The van der Waals surface area contributed by atoms with Crippen LogP contribution in [0.15, 0.2) is 30.3 Å². The number of hydrogen-bond donors (Lipinski definition) is 3. The number of hydrogen-bond acceptors (Lipinski definition) is 3. The summed E-state index contributed by atoms with van der Waals surface area (Å²) < 4.78 is 0. The van der Waals surface area contributed by atoms with E-state index < -0.39 is 17.7 Å². The minimum Gasteiger partial charge on any atom is -0.345 e. The lowest BCUT2D eigenvalue weighted by atomic mass is 10.1. The van der Waals surface area contributed by atoms with Gasteiger partial charge in [-0.05, 0) is 31.4 Å². The number of rotatable bonds is 3. The first-order chi connectivity index (χ1) is 10.0. The van der Waals surface area contributed by atoms with Gasteiger partial charge in [0.05, 0.1) is 0 Å². The molecule has 1 saturated carbocycles. The van der Waals surface area contributed by atoms with Crippen LogP contribution in [-0.2, 0) is 14.4 Å². The molecule has 0 bridgehead atoms. The predicted molar refractivity (Wildman–Crippen MR) is 77.7 cm³/mol. The summed E-state index contributed by atoms with van der Waals surface area (Å²) >= 11 is 0. The van der Waals surface area contributed by atoms with Crippen molar-refractivity contribution in [2.75, 3.05) is 0 Å². The first-order valence-corrected chi connectivity index (χ1v) is 6.70. The molecule has 0 aromatic heterocycles. The van der Waals surface area contributed by atoms with E-state index in [1.54, 1.807) is 6.08 Å². The fourth-order valence-corrected chi connectivity index (χ4v) is 1.64. The van der Waals surface area contributed by atoms with Crippen LogP contribution in [0, 0.1) is 6.92 Å². The van der Waals surface area contributed by atoms with E-state index in [2.05, 4.69) is 16.2 Å². The molecule has 6 nitrogen and oxygen atoms in total. The van der Waals surface area contributed by atoms with Gasteiger partial charge in [0.15, 0.2) is 0 Å². The van der Waals surface area contributed by atoms with Gasteiger partial charge in [-0.3, -0.25) is 25.2 Å². The summed E-state index contributed by atoms with van der Waals surface area (Å²) in [5, 5.41) is 2.52. The zero-order valence-corrected chi connectivity index (χ0v) is 11.7. The largest absolute Gasteiger partial charge is 0.345 e. The quantitative estimate of drug-likeness (QED) is 0.428. The highest BCUT2D eigenvalue weighted by molar-refractivity contribution is 6.35. The van der Waals surface area contributed by atoms with Gasteiger partial charge >= 0.3 is 11.8 Å². The molecule has 1 aromatic carbocycles. The smallest absolute Gasteiger partial charge is 0.327 e. The Morgan fingerprint density at radius 2 is 1.90 bits per heavy atom. The third-order valence-corrected chi connectivity index (χ3v) is 2.89. The van der Waals surface area contributed by atoms with Crippen molar-refractivity contribution < 1.29 is 14.4 Å². The third-order valence-electron chi connectivity index (χ3n) is 2.89. The summed E-state index contributed by atoms with van der Waals surface area (Å²) in [5.41, 5.74) is 6.18. The van der Waals surface area contributed by atoms with Crippen LogP contribution in [0.2, 0.25) is 0 Å². The molecule has 0 atom stereocenters. The molecule has 0 radical (unpaired) electrons. The minimum atomic E-state index is -0.876. The maximum Gasteiger partial charge on any atom is 0.327 e. The Balaban J connectivity index is 1.76. The molecule has 3 N–H and O–H groups in total. The summed E-state index contributed by atoms with van der Waals surface area (Å²) in [7, 11) is 0. The molecule has 1 aliphatic carbocycles. The van der Waals surface area contributed by atoms with Crippen molar-refractivity contribution in [2.45, 2.75) is 25.8 Å². The number of benzene rings is 1. The van der Waals surface area contributed by atoms with Crippen LogP contribution in [-0.4, -0.2) is 23.8 Å². The number of carbonyl (C=O) groups is 3. The number of amides is 3. The summed E-state index contributed by atoms with van der Waals surface area (Å²) in [6, 6.07) is 7.72. The van der Waals surface area contributed by atoms with Crippen molar-refractivity contribution in [2.24, 2.45) is 0 Å². The lowest BCUT2D eigenvalue weighted by molar-refractivity contribution is -0.140. The number of nitrogens with one attached hydrogen (secondary N) is 3. The molecule has 0 spiro atoms. The summed E-state index contributed by atoms with van der Waals surface area (Å²) in [5.74, 6) is -2.12. The molecule has 21 heavy (non-hydrogen) atoms.